The number of ether oxygens (including phenoxy) is 1. The highest BCUT2D eigenvalue weighted by atomic mass is 32.2. The highest BCUT2D eigenvalue weighted by Gasteiger charge is 2.45. The summed E-state index contributed by atoms with van der Waals surface area (Å²) in [6.45, 7) is 7.15. The van der Waals surface area contributed by atoms with E-state index in [0.29, 0.717) is 30.6 Å². The molecule has 1 saturated carbocycles. The van der Waals surface area contributed by atoms with Gasteiger partial charge in [0.15, 0.2) is 0 Å². The predicted octanol–water partition coefficient (Wildman–Crippen LogP) is 4.73. The minimum Gasteiger partial charge on any atom is -0.486 e. The predicted molar refractivity (Wildman–Crippen MR) is 145 cm³/mol. The van der Waals surface area contributed by atoms with E-state index in [0.717, 1.165) is 45.9 Å². The van der Waals surface area contributed by atoms with Crippen LogP contribution in [-0.2, 0) is 19.4 Å². The van der Waals surface area contributed by atoms with Crippen LogP contribution < -0.4 is 10.3 Å². The molecule has 6 nitrogen and oxygen atoms in total. The third-order valence-electron chi connectivity index (χ3n) is 8.79. The zero-order valence-electron chi connectivity index (χ0n) is 22.5. The second kappa shape index (κ2) is 9.56. The summed E-state index contributed by atoms with van der Waals surface area (Å²) in [4.78, 5) is 34.5. The fraction of sp³-hybridized carbons (Fsp3) is 0.586. The number of aryl methyl sites for hydroxylation is 1. The summed E-state index contributed by atoms with van der Waals surface area (Å²) in [5, 5.41) is 0. The van der Waals surface area contributed by atoms with Gasteiger partial charge in [0.2, 0.25) is 0 Å². The molecular weight excluding hydrogens is 470 g/mol. The molecule has 0 radical (unpaired) electrons. The Balaban J connectivity index is 1.39. The van der Waals surface area contributed by atoms with Crippen molar-refractivity contribution in [2.45, 2.75) is 82.4 Å². The number of pyridine rings is 1. The molecule has 1 amide bonds. The van der Waals surface area contributed by atoms with E-state index in [1.807, 2.05) is 31.1 Å². The zero-order valence-corrected chi connectivity index (χ0v) is 23.3. The second-order valence-corrected chi connectivity index (χ2v) is 12.2. The number of thioether (sulfide) groups is 1. The standard InChI is InChI=1S/C29H39N3O3S/c1-17-13-24(36-6)23(27(33)30-17)16-32-12-11-19-14-20-15-29(3,21-7-9-22(10-8-21)31(4)5)35-26(20)18(2)25(19)28(32)34/h13-14,21-22H,7-12,15-16H2,1-6H3,(H,30,33). The summed E-state index contributed by atoms with van der Waals surface area (Å²) in [5.74, 6) is 1.45. The Morgan fingerprint density at radius 2 is 1.86 bits per heavy atom. The normalized spacial score (nSPS) is 25.6. The third-order valence-corrected chi connectivity index (χ3v) is 9.60. The first-order valence-electron chi connectivity index (χ1n) is 13.2. The molecular formula is C29H39N3O3S. The summed E-state index contributed by atoms with van der Waals surface area (Å²) < 4.78 is 6.75. The molecule has 1 aromatic heterocycles. The van der Waals surface area contributed by atoms with Gasteiger partial charge in [-0.15, -0.1) is 11.8 Å². The Kier molecular flexibility index (Phi) is 6.75. The third kappa shape index (κ3) is 4.38. The number of benzene rings is 1. The van der Waals surface area contributed by atoms with Gasteiger partial charge in [0, 0.05) is 40.7 Å². The van der Waals surface area contributed by atoms with Crippen molar-refractivity contribution < 1.29 is 9.53 Å². The van der Waals surface area contributed by atoms with Gasteiger partial charge in [0.25, 0.3) is 11.5 Å². The van der Waals surface area contributed by atoms with Crippen molar-refractivity contribution in [1.82, 2.24) is 14.8 Å². The Morgan fingerprint density at radius 1 is 1.14 bits per heavy atom. The van der Waals surface area contributed by atoms with Crippen molar-refractivity contribution in [3.8, 4) is 5.75 Å². The van der Waals surface area contributed by atoms with E-state index in [9.17, 15) is 9.59 Å². The Morgan fingerprint density at radius 3 is 2.53 bits per heavy atom. The SMILES string of the molecule is CSc1cc(C)[nH]c(=O)c1CN1CCc2cc3c(c(C)c2C1=O)OC(C)(C1CCC(N(C)C)CC1)C3. The number of nitrogens with zero attached hydrogens (tertiary/aromatic N) is 2. The molecule has 1 atom stereocenters. The minimum absolute atomic E-state index is 0.00673. The van der Waals surface area contributed by atoms with Gasteiger partial charge in [0.05, 0.1) is 12.1 Å². The van der Waals surface area contributed by atoms with E-state index in [2.05, 4.69) is 37.0 Å². The van der Waals surface area contributed by atoms with Crippen LogP contribution in [0.1, 0.15) is 70.9 Å². The zero-order chi connectivity index (χ0) is 25.8. The van der Waals surface area contributed by atoms with Gasteiger partial charge in [-0.3, -0.25) is 9.59 Å². The lowest BCUT2D eigenvalue weighted by Gasteiger charge is -2.40. The molecule has 1 N–H and O–H groups in total. The lowest BCUT2D eigenvalue weighted by Crippen LogP contribution is -2.44. The first-order valence-corrected chi connectivity index (χ1v) is 14.4. The number of carbonyl (C=O) groups excluding carboxylic acids is 1. The van der Waals surface area contributed by atoms with E-state index < -0.39 is 0 Å². The van der Waals surface area contributed by atoms with Crippen molar-refractivity contribution in [1.29, 1.82) is 0 Å². The number of hydrogen-bond donors (Lipinski definition) is 1. The monoisotopic (exact) mass is 509 g/mol. The van der Waals surface area contributed by atoms with Gasteiger partial charge in [-0.05, 0) is 96.3 Å². The number of aromatic nitrogens is 1. The molecule has 1 aliphatic carbocycles. The number of aromatic amines is 1. The van der Waals surface area contributed by atoms with Crippen molar-refractivity contribution >= 4 is 17.7 Å². The maximum atomic E-state index is 13.7. The van der Waals surface area contributed by atoms with Crippen LogP contribution in [0.5, 0.6) is 5.75 Å². The quantitative estimate of drug-likeness (QED) is 0.591. The van der Waals surface area contributed by atoms with Gasteiger partial charge in [0.1, 0.15) is 11.4 Å². The number of carbonyl (C=O) groups is 1. The fourth-order valence-electron chi connectivity index (χ4n) is 6.66. The molecule has 1 aromatic carbocycles. The molecule has 2 aromatic rings. The van der Waals surface area contributed by atoms with E-state index in [-0.39, 0.29) is 17.1 Å². The molecule has 0 saturated heterocycles. The number of fused-ring (bicyclic) bond motifs is 2. The Labute approximate surface area is 218 Å². The van der Waals surface area contributed by atoms with Crippen molar-refractivity contribution in [3.05, 3.63) is 56.0 Å². The maximum absolute atomic E-state index is 13.7. The van der Waals surface area contributed by atoms with Gasteiger partial charge in [-0.25, -0.2) is 0 Å². The largest absolute Gasteiger partial charge is 0.486 e. The molecule has 2 aliphatic heterocycles. The molecule has 36 heavy (non-hydrogen) atoms. The summed E-state index contributed by atoms with van der Waals surface area (Å²) in [5.41, 5.74) is 5.31. The first kappa shape index (κ1) is 25.4. The topological polar surface area (TPSA) is 65.6 Å². The van der Waals surface area contributed by atoms with E-state index >= 15 is 0 Å². The molecule has 5 rings (SSSR count). The van der Waals surface area contributed by atoms with E-state index in [1.165, 1.54) is 31.2 Å². The number of rotatable bonds is 5. The Hall–Kier alpha value is -2.25. The fourth-order valence-corrected chi connectivity index (χ4v) is 7.36. The van der Waals surface area contributed by atoms with Gasteiger partial charge in [-0.2, -0.15) is 0 Å². The molecule has 0 spiro atoms. The van der Waals surface area contributed by atoms with Crippen LogP contribution in [0.2, 0.25) is 0 Å². The average molecular weight is 510 g/mol. The van der Waals surface area contributed by atoms with Crippen molar-refractivity contribution in [2.24, 2.45) is 5.92 Å². The number of H-pyrrole nitrogens is 1. The van der Waals surface area contributed by atoms with Crippen LogP contribution in [0, 0.1) is 19.8 Å². The summed E-state index contributed by atoms with van der Waals surface area (Å²) in [6, 6.07) is 4.89. The molecule has 0 bridgehead atoms. The maximum Gasteiger partial charge on any atom is 0.254 e. The molecule has 1 fully saturated rings. The van der Waals surface area contributed by atoms with Gasteiger partial charge in [-0.1, -0.05) is 6.07 Å². The van der Waals surface area contributed by atoms with Crippen LogP contribution in [0.4, 0.5) is 0 Å². The number of hydrogen-bond acceptors (Lipinski definition) is 5. The lowest BCUT2D eigenvalue weighted by atomic mass is 9.74. The van der Waals surface area contributed by atoms with E-state index in [4.69, 9.17) is 4.74 Å². The second-order valence-electron chi connectivity index (χ2n) is 11.4. The van der Waals surface area contributed by atoms with E-state index in [1.54, 1.807) is 11.8 Å². The van der Waals surface area contributed by atoms with Crippen molar-refractivity contribution in [3.63, 3.8) is 0 Å². The van der Waals surface area contributed by atoms with Crippen LogP contribution in [0.25, 0.3) is 0 Å². The molecule has 194 valence electrons. The van der Waals surface area contributed by atoms with Gasteiger partial charge >= 0.3 is 0 Å². The molecule has 3 aliphatic rings. The lowest BCUT2D eigenvalue weighted by molar-refractivity contribution is 0.0158. The van der Waals surface area contributed by atoms with Crippen LogP contribution in [0.15, 0.2) is 21.8 Å². The van der Waals surface area contributed by atoms with Gasteiger partial charge < -0.3 is 19.5 Å². The summed E-state index contributed by atoms with van der Waals surface area (Å²) in [6.07, 6.45) is 8.49. The smallest absolute Gasteiger partial charge is 0.254 e. The van der Waals surface area contributed by atoms with Crippen LogP contribution in [-0.4, -0.2) is 59.2 Å². The van der Waals surface area contributed by atoms with Crippen LogP contribution >= 0.6 is 11.8 Å². The average Bonchev–Trinajstić information content (AvgIpc) is 3.19. The van der Waals surface area contributed by atoms with Crippen LogP contribution in [0.3, 0.4) is 0 Å². The molecule has 3 heterocycles. The van der Waals surface area contributed by atoms with Crippen molar-refractivity contribution in [2.75, 3.05) is 26.9 Å². The Bertz CT molecular complexity index is 1250. The number of nitrogens with one attached hydrogen (secondary N) is 1. The number of amides is 1. The summed E-state index contributed by atoms with van der Waals surface area (Å²) >= 11 is 1.55. The molecule has 1 unspecified atom stereocenters. The first-order chi connectivity index (χ1) is 17.1. The highest BCUT2D eigenvalue weighted by Crippen LogP contribution is 2.47. The highest BCUT2D eigenvalue weighted by molar-refractivity contribution is 7.98. The molecule has 7 heteroatoms. The summed E-state index contributed by atoms with van der Waals surface area (Å²) in [7, 11) is 4.36. The minimum atomic E-state index is -0.209.